The van der Waals surface area contributed by atoms with Gasteiger partial charge in [-0.2, -0.15) is 0 Å². The molecule has 4 aromatic carbocycles. The maximum atomic E-state index is 14.9. The third kappa shape index (κ3) is 15.4. The van der Waals surface area contributed by atoms with Crippen LogP contribution in [0.1, 0.15) is 34.7 Å². The first-order valence-electron chi connectivity index (χ1n) is 18.0. The monoisotopic (exact) mass is 1120 g/mol. The number of halogens is 12. The number of alkyl halides is 6. The largest absolute Gasteiger partial charge is 0.573 e. The smallest absolute Gasteiger partial charge is 0.493 e. The number of nitrogens with zero attached hydrogens (tertiary/aromatic N) is 2. The van der Waals surface area contributed by atoms with E-state index in [-0.39, 0.29) is 36.6 Å². The summed E-state index contributed by atoms with van der Waals surface area (Å²) < 4.78 is 133. The van der Waals surface area contributed by atoms with Crippen LogP contribution in [0.25, 0.3) is 0 Å². The van der Waals surface area contributed by atoms with Gasteiger partial charge in [0, 0.05) is 38.8 Å². The van der Waals surface area contributed by atoms with Gasteiger partial charge in [0.2, 0.25) is 0 Å². The number of carboxylic acids is 1. The van der Waals surface area contributed by atoms with Crippen LogP contribution in [-0.2, 0) is 0 Å². The molecule has 0 aliphatic carbocycles. The summed E-state index contributed by atoms with van der Waals surface area (Å²) in [6.45, 7) is 3.62. The second kappa shape index (κ2) is 22.9. The number of pyridine rings is 2. The fraction of sp³-hybridized carbons (Fsp3) is 0.143. The number of hydrogen-bond donors (Lipinski definition) is 3. The normalized spacial score (nSPS) is 10.9. The number of methoxy groups -OCH3 is 2. The van der Waals surface area contributed by atoms with Crippen molar-refractivity contribution >= 4 is 78.3 Å². The Kier molecular flexibility index (Phi) is 18.3. The molecule has 0 saturated heterocycles. The number of aromatic carboxylic acids is 1. The Labute approximate surface area is 403 Å². The van der Waals surface area contributed by atoms with E-state index in [1.54, 1.807) is 19.2 Å². The number of hydrogen-bond acceptors (Lipinski definition) is 11. The van der Waals surface area contributed by atoms with Gasteiger partial charge in [-0.3, -0.25) is 4.79 Å². The van der Waals surface area contributed by atoms with Crippen molar-refractivity contribution < 1.29 is 81.1 Å². The van der Waals surface area contributed by atoms with E-state index >= 15 is 0 Å². The fourth-order valence-corrected chi connectivity index (χ4v) is 6.07. The lowest BCUT2D eigenvalue weighted by Crippen LogP contribution is -2.17. The molecule has 6 rings (SSSR count). The molecular weight excluding hydrogens is 1090 g/mol. The number of ether oxygens (including phenoxy) is 6. The number of anilines is 2. The average molecular weight is 1120 g/mol. The summed E-state index contributed by atoms with van der Waals surface area (Å²) in [7, 11) is 2.35. The summed E-state index contributed by atoms with van der Waals surface area (Å²) in [5, 5.41) is 10.9. The van der Waals surface area contributed by atoms with Crippen LogP contribution in [0.4, 0.5) is 46.5 Å². The summed E-state index contributed by atoms with van der Waals surface area (Å²) in [6, 6.07) is 13.8. The van der Waals surface area contributed by atoms with E-state index in [4.69, 9.17) is 53.0 Å². The van der Waals surface area contributed by atoms with Crippen molar-refractivity contribution in [2.24, 2.45) is 0 Å². The van der Waals surface area contributed by atoms with Crippen molar-refractivity contribution in [1.82, 2.24) is 9.97 Å². The highest BCUT2D eigenvalue weighted by Gasteiger charge is 2.33. The maximum Gasteiger partial charge on any atom is 0.573 e. The van der Waals surface area contributed by atoms with Crippen LogP contribution < -0.4 is 39.5 Å². The van der Waals surface area contributed by atoms with Crippen LogP contribution in [0, 0.1) is 25.5 Å². The minimum atomic E-state index is -4.90. The van der Waals surface area contributed by atoms with E-state index in [1.807, 2.05) is 6.92 Å². The maximum absolute atomic E-state index is 14.9. The number of aryl methyl sites for hydroxylation is 2. The molecule has 2 heterocycles. The number of amides is 1. The number of nitrogens with two attached hydrogens (primary N) is 1. The molecule has 2 aromatic heterocycles. The van der Waals surface area contributed by atoms with E-state index in [9.17, 15) is 44.7 Å². The Morgan fingerprint density at radius 1 is 0.657 bits per heavy atom. The van der Waals surface area contributed by atoms with Gasteiger partial charge < -0.3 is 44.6 Å². The minimum Gasteiger partial charge on any atom is -0.493 e. The molecule has 25 heteroatoms. The number of aromatic nitrogens is 2. The van der Waals surface area contributed by atoms with E-state index in [2.05, 4.69) is 56.6 Å². The molecule has 360 valence electrons. The summed E-state index contributed by atoms with van der Waals surface area (Å²) in [4.78, 5) is 32.1. The molecule has 0 saturated carbocycles. The second-order valence-electron chi connectivity index (χ2n) is 12.8. The molecule has 0 atom stereocenters. The number of benzene rings is 4. The molecular formula is C42H34Br2Cl2F8N4O9. The number of carbonyl (C=O) groups is 2. The van der Waals surface area contributed by atoms with Gasteiger partial charge in [-0.05, 0) is 117 Å². The van der Waals surface area contributed by atoms with Crippen LogP contribution in [-0.4, -0.2) is 53.9 Å². The van der Waals surface area contributed by atoms with Crippen molar-refractivity contribution in [2.45, 2.75) is 26.6 Å². The van der Waals surface area contributed by atoms with Crippen LogP contribution in [0.5, 0.6) is 46.0 Å². The van der Waals surface area contributed by atoms with Gasteiger partial charge in [-0.15, -0.1) is 26.3 Å². The molecule has 6 aromatic rings. The Morgan fingerprint density at radius 3 is 1.49 bits per heavy atom. The van der Waals surface area contributed by atoms with Crippen molar-refractivity contribution in [1.29, 1.82) is 0 Å². The van der Waals surface area contributed by atoms with E-state index in [1.165, 1.54) is 31.5 Å². The van der Waals surface area contributed by atoms with Gasteiger partial charge in [0.1, 0.15) is 43.3 Å². The second-order valence-corrected chi connectivity index (χ2v) is 15.3. The van der Waals surface area contributed by atoms with Crippen LogP contribution in [0.15, 0.2) is 94.4 Å². The first-order valence-corrected chi connectivity index (χ1v) is 20.4. The summed E-state index contributed by atoms with van der Waals surface area (Å²) in [5.41, 5.74) is 6.96. The van der Waals surface area contributed by atoms with Crippen LogP contribution >= 0.6 is 55.1 Å². The lowest BCUT2D eigenvalue weighted by Gasteiger charge is -2.16. The van der Waals surface area contributed by atoms with Gasteiger partial charge in [-0.1, -0.05) is 23.2 Å². The molecule has 13 nitrogen and oxygen atoms in total. The highest BCUT2D eigenvalue weighted by Crippen LogP contribution is 2.41. The first kappa shape index (κ1) is 53.3. The number of nitrogen functional groups attached to an aromatic ring is 1. The minimum absolute atomic E-state index is 0. The first-order chi connectivity index (χ1) is 31.3. The van der Waals surface area contributed by atoms with Gasteiger partial charge in [-0.25, -0.2) is 23.5 Å². The Bertz CT molecular complexity index is 2790. The molecule has 1 amide bonds. The number of carbonyl (C=O) groups excluding carboxylic acids is 1. The highest BCUT2D eigenvalue weighted by atomic mass is 79.9. The molecule has 0 bridgehead atoms. The number of nitrogens with one attached hydrogen (secondary N) is 1. The quantitative estimate of drug-likeness (QED) is 0.0829. The Morgan fingerprint density at radius 2 is 1.07 bits per heavy atom. The van der Waals surface area contributed by atoms with E-state index < -0.39 is 69.6 Å². The standard InChI is InChI=1S/C21H14BrClF4N2O4.C15H9ClF4O5.C6H7BrN2.2H2/c1-10-9-28-17(22)8-13(10)29-20(30)18-15(6-4-12(23)19(18)24)32-14-5-3-11(7-16(14)31-2)33-21(25,26)27;1-23-11-6-7(25-15(18,19)20)2-4-9(11)24-10-5-3-8(16)13(17)12(10)14(21)22;1-4-3-9-6(7)2-5(4)8;;/h3-9H,1-2H3,(H,28,29,30);2-6H,1H3,(H,21,22);2-3H,1H3,(H2,8,9);2*1H. The molecule has 0 aliphatic heterocycles. The zero-order valence-electron chi connectivity index (χ0n) is 34.3. The topological polar surface area (TPSA) is 174 Å². The van der Waals surface area contributed by atoms with Crippen LogP contribution in [0.3, 0.4) is 0 Å². The summed E-state index contributed by atoms with van der Waals surface area (Å²) >= 11 is 17.8. The Hall–Kier alpha value is -6.30. The van der Waals surface area contributed by atoms with Crippen LogP contribution in [0.2, 0.25) is 10.0 Å². The predicted molar refractivity (Wildman–Crippen MR) is 239 cm³/mol. The number of rotatable bonds is 11. The SMILES string of the molecule is COc1cc(OC(F)(F)F)ccc1Oc1ccc(Cl)c(F)c1C(=O)Nc1cc(Br)ncc1C.COc1cc(OC(F)(F)F)ccc1Oc1ccc(Cl)c(F)c1C(=O)O.Cc1cnc(Br)cc1N.[HH].[HH]. The van der Waals surface area contributed by atoms with Gasteiger partial charge in [0.15, 0.2) is 34.6 Å². The van der Waals surface area contributed by atoms with Crippen molar-refractivity contribution in [3.8, 4) is 46.0 Å². The van der Waals surface area contributed by atoms with Gasteiger partial charge >= 0.3 is 18.7 Å². The average Bonchev–Trinajstić information content (AvgIpc) is 3.23. The number of carboxylic acid groups (broad SMARTS) is 1. The lowest BCUT2D eigenvalue weighted by molar-refractivity contribution is -0.275. The third-order valence-corrected chi connectivity index (χ3v) is 9.61. The van der Waals surface area contributed by atoms with Gasteiger partial charge in [0.25, 0.3) is 5.91 Å². The molecule has 0 spiro atoms. The zero-order valence-corrected chi connectivity index (χ0v) is 39.0. The molecule has 67 heavy (non-hydrogen) atoms. The van der Waals surface area contributed by atoms with Crippen molar-refractivity contribution in [2.75, 3.05) is 25.3 Å². The third-order valence-electron chi connectivity index (χ3n) is 8.16. The van der Waals surface area contributed by atoms with E-state index in [0.29, 0.717) is 15.9 Å². The molecule has 0 unspecified atom stereocenters. The molecule has 4 N–H and O–H groups in total. The molecule has 0 fully saturated rings. The fourth-order valence-electron chi connectivity index (χ4n) is 5.07. The van der Waals surface area contributed by atoms with Crippen molar-refractivity contribution in [3.63, 3.8) is 0 Å². The summed E-state index contributed by atoms with van der Waals surface area (Å²) in [5.74, 6) is -7.11. The summed E-state index contributed by atoms with van der Waals surface area (Å²) in [6.07, 6.45) is -6.57. The van der Waals surface area contributed by atoms with Gasteiger partial charge in [0.05, 0.1) is 24.3 Å². The predicted octanol–water partition coefficient (Wildman–Crippen LogP) is 14.0. The molecule has 0 aliphatic rings. The highest BCUT2D eigenvalue weighted by molar-refractivity contribution is 9.10. The van der Waals surface area contributed by atoms with Crippen molar-refractivity contribution in [3.05, 3.63) is 138 Å². The lowest BCUT2D eigenvalue weighted by atomic mass is 10.1. The Balaban J connectivity index is 0.000000400. The van der Waals surface area contributed by atoms with E-state index in [0.717, 1.165) is 71.5 Å². The zero-order chi connectivity index (χ0) is 50.0. The molecule has 0 radical (unpaired) electrons.